The molecule has 1 nitrogen and oxygen atoms in total. The van der Waals surface area contributed by atoms with E-state index in [1.807, 2.05) is 0 Å². The van der Waals surface area contributed by atoms with Gasteiger partial charge < -0.3 is 4.57 Å². The van der Waals surface area contributed by atoms with E-state index in [0.29, 0.717) is 12.6 Å². The van der Waals surface area contributed by atoms with Gasteiger partial charge in [0.05, 0.1) is 13.8 Å². The zero-order valence-corrected chi connectivity index (χ0v) is 6.25. The third-order valence-corrected chi connectivity index (χ3v) is 2.22. The van der Waals surface area contributed by atoms with E-state index in [4.69, 9.17) is 0 Å². The fourth-order valence-corrected chi connectivity index (χ4v) is 1.32. The highest BCUT2D eigenvalue weighted by molar-refractivity contribution is 7.62. The summed E-state index contributed by atoms with van der Waals surface area (Å²) in [5.74, 6) is 0. The van der Waals surface area contributed by atoms with Crippen molar-refractivity contribution in [3.63, 3.8) is 0 Å². The predicted molar refractivity (Wildman–Crippen MR) is 34.9 cm³/mol. The number of hydrogen-bond donors (Lipinski definition) is 0. The Morgan fingerprint density at radius 2 is 2.00 bits per heavy atom. The SMILES string of the molecule is CP(C)(=O)CCCF. The van der Waals surface area contributed by atoms with Crippen LogP contribution in [0.15, 0.2) is 0 Å². The van der Waals surface area contributed by atoms with Crippen molar-refractivity contribution in [3.05, 3.63) is 0 Å². The van der Waals surface area contributed by atoms with E-state index in [9.17, 15) is 8.96 Å². The second kappa shape index (κ2) is 3.24. The van der Waals surface area contributed by atoms with Crippen molar-refractivity contribution in [2.75, 3.05) is 26.2 Å². The molecule has 0 saturated heterocycles. The molecule has 0 amide bonds. The van der Waals surface area contributed by atoms with Crippen LogP contribution < -0.4 is 0 Å². The highest BCUT2D eigenvalue weighted by Crippen LogP contribution is 2.35. The zero-order chi connectivity index (χ0) is 6.62. The topological polar surface area (TPSA) is 17.1 Å². The molecule has 0 aliphatic rings. The molecule has 0 aliphatic heterocycles. The van der Waals surface area contributed by atoms with Gasteiger partial charge in [0.15, 0.2) is 0 Å². The normalized spacial score (nSPS) is 11.9. The molecular formula is C5H12FOP. The number of rotatable bonds is 3. The quantitative estimate of drug-likeness (QED) is 0.545. The van der Waals surface area contributed by atoms with E-state index in [1.54, 1.807) is 13.3 Å². The average Bonchev–Trinajstić information content (AvgIpc) is 1.59. The summed E-state index contributed by atoms with van der Waals surface area (Å²) in [4.78, 5) is 0. The number of hydrogen-bond acceptors (Lipinski definition) is 1. The largest absolute Gasteiger partial charge is 0.324 e. The van der Waals surface area contributed by atoms with E-state index in [2.05, 4.69) is 0 Å². The minimum absolute atomic E-state index is 0.342. The van der Waals surface area contributed by atoms with Crippen molar-refractivity contribution >= 4 is 7.14 Å². The van der Waals surface area contributed by atoms with Crippen LogP contribution in [0.4, 0.5) is 4.39 Å². The standard InChI is InChI=1S/C5H12FOP/c1-8(2,7)5-3-4-6/h3-5H2,1-2H3. The molecule has 3 heteroatoms. The molecule has 0 heterocycles. The van der Waals surface area contributed by atoms with Crippen LogP contribution >= 0.6 is 7.14 Å². The second-order valence-electron chi connectivity index (χ2n) is 2.34. The van der Waals surface area contributed by atoms with Gasteiger partial charge in [0, 0.05) is 6.16 Å². The van der Waals surface area contributed by atoms with Gasteiger partial charge in [0.2, 0.25) is 0 Å². The zero-order valence-electron chi connectivity index (χ0n) is 5.35. The van der Waals surface area contributed by atoms with E-state index in [0.717, 1.165) is 0 Å². The lowest BCUT2D eigenvalue weighted by Gasteiger charge is -2.01. The van der Waals surface area contributed by atoms with Gasteiger partial charge in [-0.25, -0.2) is 0 Å². The third kappa shape index (κ3) is 6.16. The molecule has 0 bridgehead atoms. The van der Waals surface area contributed by atoms with Crippen LogP contribution in [-0.2, 0) is 4.57 Å². The Morgan fingerprint density at radius 3 is 2.12 bits per heavy atom. The molecule has 0 aromatic heterocycles. The monoisotopic (exact) mass is 138 g/mol. The molecule has 8 heavy (non-hydrogen) atoms. The Labute approximate surface area is 49.7 Å². The van der Waals surface area contributed by atoms with Gasteiger partial charge >= 0.3 is 0 Å². The summed E-state index contributed by atoms with van der Waals surface area (Å²) in [5, 5.41) is 0. The Morgan fingerprint density at radius 1 is 1.50 bits per heavy atom. The lowest BCUT2D eigenvalue weighted by molar-refractivity contribution is 0.485. The van der Waals surface area contributed by atoms with Crippen LogP contribution in [-0.4, -0.2) is 26.2 Å². The van der Waals surface area contributed by atoms with Gasteiger partial charge in [0.25, 0.3) is 0 Å². The van der Waals surface area contributed by atoms with Crippen LogP contribution in [0, 0.1) is 0 Å². The molecule has 0 fully saturated rings. The number of halogens is 1. The van der Waals surface area contributed by atoms with Gasteiger partial charge in [-0.3, -0.25) is 4.39 Å². The molecule has 0 radical (unpaired) electrons. The van der Waals surface area contributed by atoms with Gasteiger partial charge in [-0.05, 0) is 19.8 Å². The molecule has 0 aliphatic carbocycles. The first kappa shape index (κ1) is 8.16. The summed E-state index contributed by atoms with van der Waals surface area (Å²) in [6.07, 6.45) is 0.994. The Hall–Kier alpha value is 0.160. The molecule has 0 atom stereocenters. The van der Waals surface area contributed by atoms with Crippen LogP contribution in [0.5, 0.6) is 0 Å². The summed E-state index contributed by atoms with van der Waals surface area (Å²) in [6, 6.07) is 0. The molecule has 0 N–H and O–H groups in total. The van der Waals surface area contributed by atoms with Crippen LogP contribution in [0.25, 0.3) is 0 Å². The minimum Gasteiger partial charge on any atom is -0.324 e. The molecule has 0 unspecified atom stereocenters. The first-order chi connectivity index (χ1) is 3.56. The molecule has 0 spiro atoms. The van der Waals surface area contributed by atoms with E-state index >= 15 is 0 Å². The maximum absolute atomic E-state index is 11.4. The molecule has 50 valence electrons. The molecule has 0 aromatic rings. The summed E-state index contributed by atoms with van der Waals surface area (Å²) >= 11 is 0. The fourth-order valence-electron chi connectivity index (χ4n) is 0.441. The van der Waals surface area contributed by atoms with Crippen LogP contribution in [0.3, 0.4) is 0 Å². The van der Waals surface area contributed by atoms with Crippen molar-refractivity contribution in [3.8, 4) is 0 Å². The van der Waals surface area contributed by atoms with E-state index in [-0.39, 0.29) is 6.67 Å². The second-order valence-corrected chi connectivity index (χ2v) is 5.94. The summed E-state index contributed by atoms with van der Waals surface area (Å²) in [7, 11) is -1.92. The lowest BCUT2D eigenvalue weighted by atomic mass is 10.6. The maximum atomic E-state index is 11.4. The molecule has 0 aromatic carbocycles. The van der Waals surface area contributed by atoms with Crippen LogP contribution in [0.2, 0.25) is 0 Å². The van der Waals surface area contributed by atoms with E-state index < -0.39 is 7.14 Å². The number of alkyl halides is 1. The van der Waals surface area contributed by atoms with E-state index in [1.165, 1.54) is 0 Å². The first-order valence-electron chi connectivity index (χ1n) is 2.66. The lowest BCUT2D eigenvalue weighted by Crippen LogP contribution is -1.86. The highest BCUT2D eigenvalue weighted by atomic mass is 31.2. The summed E-state index contributed by atoms with van der Waals surface area (Å²) < 4.78 is 22.2. The van der Waals surface area contributed by atoms with Crippen molar-refractivity contribution in [1.29, 1.82) is 0 Å². The fraction of sp³-hybridized carbons (Fsp3) is 1.00. The van der Waals surface area contributed by atoms with Gasteiger partial charge in [-0.15, -0.1) is 0 Å². The third-order valence-electron chi connectivity index (χ3n) is 0.830. The van der Waals surface area contributed by atoms with Gasteiger partial charge in [-0.1, -0.05) is 0 Å². The van der Waals surface area contributed by atoms with Gasteiger partial charge in [-0.2, -0.15) is 0 Å². The predicted octanol–water partition coefficient (Wildman–Crippen LogP) is 1.97. The highest BCUT2D eigenvalue weighted by Gasteiger charge is 2.04. The van der Waals surface area contributed by atoms with Crippen LogP contribution in [0.1, 0.15) is 6.42 Å². The molecule has 0 saturated carbocycles. The van der Waals surface area contributed by atoms with Crippen molar-refractivity contribution in [1.82, 2.24) is 0 Å². The first-order valence-corrected chi connectivity index (χ1v) is 5.45. The Balaban J connectivity index is 3.26. The summed E-state index contributed by atoms with van der Waals surface area (Å²) in [5.41, 5.74) is 0. The average molecular weight is 138 g/mol. The summed E-state index contributed by atoms with van der Waals surface area (Å²) in [6.45, 7) is 3.02. The molecular weight excluding hydrogens is 126 g/mol. The van der Waals surface area contributed by atoms with Crippen molar-refractivity contribution in [2.45, 2.75) is 6.42 Å². The van der Waals surface area contributed by atoms with Crippen molar-refractivity contribution in [2.24, 2.45) is 0 Å². The van der Waals surface area contributed by atoms with Gasteiger partial charge in [0.1, 0.15) is 0 Å². The smallest absolute Gasteiger partial charge is 0.0898 e. The Kier molecular flexibility index (Phi) is 3.30. The molecule has 0 rings (SSSR count). The minimum atomic E-state index is -1.92. The Bertz CT molecular complexity index is 96.6. The van der Waals surface area contributed by atoms with Crippen molar-refractivity contribution < 1.29 is 8.96 Å². The maximum Gasteiger partial charge on any atom is 0.0898 e.